The normalized spacial score (nSPS) is 18.9. The smallest absolute Gasteiger partial charge is 0.00501 e. The largest absolute Gasteiger partial charge is 0.314 e. The van der Waals surface area contributed by atoms with E-state index >= 15 is 0 Å². The zero-order valence-corrected chi connectivity index (χ0v) is 15.4. The van der Waals surface area contributed by atoms with Crippen LogP contribution in [0.4, 0.5) is 0 Å². The van der Waals surface area contributed by atoms with Crippen molar-refractivity contribution in [3.05, 3.63) is 0 Å². The summed E-state index contributed by atoms with van der Waals surface area (Å²) in [5.74, 6) is 0.878. The zero-order chi connectivity index (χ0) is 15.7. The lowest BCUT2D eigenvalue weighted by atomic mass is 9.73. The van der Waals surface area contributed by atoms with Crippen molar-refractivity contribution in [1.29, 1.82) is 0 Å². The topological polar surface area (TPSA) is 15.3 Å². The van der Waals surface area contributed by atoms with Crippen LogP contribution in [0, 0.1) is 11.3 Å². The number of rotatable bonds is 10. The van der Waals surface area contributed by atoms with Gasteiger partial charge in [-0.05, 0) is 30.7 Å². The molecule has 1 aliphatic carbocycles. The fourth-order valence-corrected chi connectivity index (χ4v) is 3.81. The van der Waals surface area contributed by atoms with E-state index in [4.69, 9.17) is 0 Å². The van der Waals surface area contributed by atoms with Gasteiger partial charge in [0, 0.05) is 25.7 Å². The van der Waals surface area contributed by atoms with Crippen LogP contribution in [0.15, 0.2) is 0 Å². The Balaban J connectivity index is 2.63. The molecule has 1 N–H and O–H groups in total. The van der Waals surface area contributed by atoms with E-state index in [9.17, 15) is 0 Å². The second-order valence-electron chi connectivity index (χ2n) is 7.61. The van der Waals surface area contributed by atoms with Crippen LogP contribution in [0.3, 0.4) is 0 Å². The fraction of sp³-hybridized carbons (Fsp3) is 1.00. The highest BCUT2D eigenvalue weighted by atomic mass is 15.1. The molecule has 0 aliphatic heterocycles. The first kappa shape index (κ1) is 19.0. The average Bonchev–Trinajstić information content (AvgIpc) is 2.50. The van der Waals surface area contributed by atoms with Crippen LogP contribution >= 0.6 is 0 Å². The highest BCUT2D eigenvalue weighted by molar-refractivity contribution is 4.88. The van der Waals surface area contributed by atoms with E-state index in [0.717, 1.165) is 5.92 Å². The van der Waals surface area contributed by atoms with Gasteiger partial charge in [0.2, 0.25) is 0 Å². The molecular weight excluding hydrogens is 256 g/mol. The third-order valence-corrected chi connectivity index (χ3v) is 5.48. The Hall–Kier alpha value is -0.0800. The van der Waals surface area contributed by atoms with Gasteiger partial charge in [-0.15, -0.1) is 0 Å². The molecule has 2 nitrogen and oxygen atoms in total. The molecule has 1 fully saturated rings. The Morgan fingerprint density at radius 3 is 2.10 bits per heavy atom. The van der Waals surface area contributed by atoms with Gasteiger partial charge < -0.3 is 10.2 Å². The van der Waals surface area contributed by atoms with Crippen LogP contribution in [0.5, 0.6) is 0 Å². The van der Waals surface area contributed by atoms with Crippen LogP contribution in [0.1, 0.15) is 79.6 Å². The quantitative estimate of drug-likeness (QED) is 0.629. The van der Waals surface area contributed by atoms with Gasteiger partial charge >= 0.3 is 0 Å². The predicted octanol–water partition coefficient (Wildman–Crippen LogP) is 4.69. The van der Waals surface area contributed by atoms with Crippen LogP contribution in [0.25, 0.3) is 0 Å². The molecular formula is C19H40N2. The van der Waals surface area contributed by atoms with Crippen molar-refractivity contribution in [2.75, 3.05) is 26.2 Å². The van der Waals surface area contributed by atoms with Gasteiger partial charge in [-0.3, -0.25) is 0 Å². The summed E-state index contributed by atoms with van der Waals surface area (Å²) in [7, 11) is 0. The molecule has 0 saturated heterocycles. The molecule has 0 heterocycles. The summed E-state index contributed by atoms with van der Waals surface area (Å²) >= 11 is 0. The van der Waals surface area contributed by atoms with Gasteiger partial charge in [0.25, 0.3) is 0 Å². The molecule has 0 aromatic carbocycles. The van der Waals surface area contributed by atoms with Crippen LogP contribution in [-0.2, 0) is 0 Å². The third-order valence-electron chi connectivity index (χ3n) is 5.48. The van der Waals surface area contributed by atoms with Crippen molar-refractivity contribution in [3.63, 3.8) is 0 Å². The second kappa shape index (κ2) is 9.84. The van der Waals surface area contributed by atoms with Crippen LogP contribution < -0.4 is 5.32 Å². The standard InChI is InChI=1S/C19H40N2/c1-6-18(7-2)14-21(8-3)16-19(15-20-17(4)5)12-10-9-11-13-19/h17-18,20H,6-16H2,1-5H3. The Morgan fingerprint density at radius 2 is 1.62 bits per heavy atom. The van der Waals surface area contributed by atoms with Crippen molar-refractivity contribution < 1.29 is 0 Å². The fourth-order valence-electron chi connectivity index (χ4n) is 3.81. The van der Waals surface area contributed by atoms with E-state index in [1.54, 1.807) is 0 Å². The molecule has 0 amide bonds. The van der Waals surface area contributed by atoms with E-state index < -0.39 is 0 Å². The molecule has 0 spiro atoms. The molecule has 1 rings (SSSR count). The number of nitrogens with one attached hydrogen (secondary N) is 1. The van der Waals surface area contributed by atoms with E-state index in [-0.39, 0.29) is 0 Å². The summed E-state index contributed by atoms with van der Waals surface area (Å²) in [5, 5.41) is 3.74. The maximum absolute atomic E-state index is 3.74. The lowest BCUT2D eigenvalue weighted by Crippen LogP contribution is -2.47. The van der Waals surface area contributed by atoms with Gasteiger partial charge in [-0.25, -0.2) is 0 Å². The Kier molecular flexibility index (Phi) is 8.89. The monoisotopic (exact) mass is 296 g/mol. The molecule has 0 aromatic rings. The zero-order valence-electron chi connectivity index (χ0n) is 15.4. The van der Waals surface area contributed by atoms with Gasteiger partial charge in [-0.1, -0.05) is 66.7 Å². The predicted molar refractivity (Wildman–Crippen MR) is 94.8 cm³/mol. The minimum atomic E-state index is 0.532. The molecule has 0 radical (unpaired) electrons. The minimum Gasteiger partial charge on any atom is -0.314 e. The van der Waals surface area contributed by atoms with Crippen molar-refractivity contribution >= 4 is 0 Å². The SMILES string of the molecule is CCC(CC)CN(CC)CC1(CNC(C)C)CCCCC1. The summed E-state index contributed by atoms with van der Waals surface area (Å²) in [4.78, 5) is 2.74. The molecule has 0 atom stereocenters. The Labute approximate surface area is 134 Å². The summed E-state index contributed by atoms with van der Waals surface area (Å²) < 4.78 is 0. The summed E-state index contributed by atoms with van der Waals surface area (Å²) in [5.41, 5.74) is 0.532. The lowest BCUT2D eigenvalue weighted by molar-refractivity contribution is 0.0916. The van der Waals surface area contributed by atoms with Crippen LogP contribution in [-0.4, -0.2) is 37.1 Å². The van der Waals surface area contributed by atoms with Gasteiger partial charge in [0.15, 0.2) is 0 Å². The molecule has 0 bridgehead atoms. The van der Waals surface area contributed by atoms with Crippen molar-refractivity contribution in [2.45, 2.75) is 85.6 Å². The van der Waals surface area contributed by atoms with Crippen LogP contribution in [0.2, 0.25) is 0 Å². The second-order valence-corrected chi connectivity index (χ2v) is 7.61. The molecule has 1 saturated carbocycles. The lowest BCUT2D eigenvalue weighted by Gasteiger charge is -2.42. The van der Waals surface area contributed by atoms with E-state index in [1.165, 1.54) is 71.1 Å². The maximum Gasteiger partial charge on any atom is 0.00501 e. The molecule has 0 aromatic heterocycles. The van der Waals surface area contributed by atoms with Crippen molar-refractivity contribution in [1.82, 2.24) is 10.2 Å². The summed E-state index contributed by atoms with van der Waals surface area (Å²) in [6, 6.07) is 0.609. The van der Waals surface area contributed by atoms with E-state index in [1.807, 2.05) is 0 Å². The third kappa shape index (κ3) is 6.69. The van der Waals surface area contributed by atoms with Crippen molar-refractivity contribution in [3.8, 4) is 0 Å². The van der Waals surface area contributed by atoms with Gasteiger partial charge in [0.1, 0.15) is 0 Å². The highest BCUT2D eigenvalue weighted by Crippen LogP contribution is 2.37. The number of hydrogen-bond acceptors (Lipinski definition) is 2. The minimum absolute atomic E-state index is 0.532. The molecule has 1 aliphatic rings. The summed E-state index contributed by atoms with van der Waals surface area (Å²) in [6.07, 6.45) is 9.81. The molecule has 0 unspecified atom stereocenters. The van der Waals surface area contributed by atoms with E-state index in [0.29, 0.717) is 11.5 Å². The first-order chi connectivity index (χ1) is 10.0. The number of nitrogens with zero attached hydrogens (tertiary/aromatic N) is 1. The highest BCUT2D eigenvalue weighted by Gasteiger charge is 2.33. The molecule has 2 heteroatoms. The maximum atomic E-state index is 3.74. The Bertz CT molecular complexity index is 252. The molecule has 21 heavy (non-hydrogen) atoms. The van der Waals surface area contributed by atoms with Crippen molar-refractivity contribution in [2.24, 2.45) is 11.3 Å². The van der Waals surface area contributed by atoms with E-state index in [2.05, 4.69) is 44.8 Å². The first-order valence-electron chi connectivity index (χ1n) is 9.51. The first-order valence-corrected chi connectivity index (χ1v) is 9.51. The summed E-state index contributed by atoms with van der Waals surface area (Å²) in [6.45, 7) is 16.6. The average molecular weight is 297 g/mol. The van der Waals surface area contributed by atoms with Gasteiger partial charge in [-0.2, -0.15) is 0 Å². The number of hydrogen-bond donors (Lipinski definition) is 1. The van der Waals surface area contributed by atoms with Gasteiger partial charge in [0.05, 0.1) is 0 Å². The Morgan fingerprint density at radius 1 is 1.00 bits per heavy atom. The molecule has 126 valence electrons.